The summed E-state index contributed by atoms with van der Waals surface area (Å²) in [5.41, 5.74) is 1.85. The first-order valence-electron chi connectivity index (χ1n) is 11.2. The fourth-order valence-electron chi connectivity index (χ4n) is 2.93. The van der Waals surface area contributed by atoms with Crippen molar-refractivity contribution in [2.45, 2.75) is 20.1 Å². The van der Waals surface area contributed by atoms with Gasteiger partial charge in [0.05, 0.1) is 5.56 Å². The molecule has 0 aliphatic heterocycles. The molecule has 0 spiro atoms. The summed E-state index contributed by atoms with van der Waals surface area (Å²) in [5, 5.41) is 0. The van der Waals surface area contributed by atoms with Crippen LogP contribution < -0.4 is 14.2 Å². The molecule has 7 nitrogen and oxygen atoms in total. The Kier molecular flexibility index (Phi) is 10.3. The molecular formula is C28H27IO7. The summed E-state index contributed by atoms with van der Waals surface area (Å²) in [6, 6.07) is 21.3. The van der Waals surface area contributed by atoms with E-state index in [9.17, 15) is 9.59 Å². The zero-order chi connectivity index (χ0) is 25.9. The minimum absolute atomic E-state index is 0.309. The summed E-state index contributed by atoms with van der Waals surface area (Å²) in [6.07, 6.45) is 1.17. The van der Waals surface area contributed by atoms with Crippen LogP contribution in [0.25, 0.3) is 6.08 Å². The van der Waals surface area contributed by atoms with Crippen molar-refractivity contribution in [1.82, 2.24) is 0 Å². The van der Waals surface area contributed by atoms with Gasteiger partial charge in [-0.1, -0.05) is 12.1 Å². The first-order chi connectivity index (χ1) is 17.3. The van der Waals surface area contributed by atoms with Crippen LogP contribution in [-0.4, -0.2) is 38.6 Å². The smallest absolute Gasteiger partial charge is 0.340 e. The Labute approximate surface area is 224 Å². The van der Waals surface area contributed by atoms with Gasteiger partial charge in [0, 0.05) is 16.3 Å². The molecule has 0 radical (unpaired) electrons. The van der Waals surface area contributed by atoms with E-state index >= 15 is 0 Å². The lowest BCUT2D eigenvalue weighted by Crippen LogP contribution is -2.16. The van der Waals surface area contributed by atoms with Gasteiger partial charge < -0.3 is 23.7 Å². The van der Waals surface area contributed by atoms with E-state index < -0.39 is 18.2 Å². The molecule has 0 saturated carbocycles. The zero-order valence-corrected chi connectivity index (χ0v) is 22.4. The van der Waals surface area contributed by atoms with Gasteiger partial charge in [0.1, 0.15) is 30.5 Å². The third-order valence-electron chi connectivity index (χ3n) is 4.93. The Balaban J connectivity index is 1.41. The number of methoxy groups -OCH3 is 1. The van der Waals surface area contributed by atoms with Gasteiger partial charge in [-0.15, -0.1) is 0 Å². The van der Waals surface area contributed by atoms with Crippen LogP contribution in [0.5, 0.6) is 17.2 Å². The van der Waals surface area contributed by atoms with Crippen LogP contribution in [0.2, 0.25) is 0 Å². The molecular weight excluding hydrogens is 575 g/mol. The van der Waals surface area contributed by atoms with Crippen LogP contribution >= 0.6 is 22.6 Å². The van der Waals surface area contributed by atoms with Gasteiger partial charge >= 0.3 is 11.9 Å². The number of benzene rings is 3. The maximum absolute atomic E-state index is 12.4. The van der Waals surface area contributed by atoms with Crippen molar-refractivity contribution in [2.24, 2.45) is 0 Å². The predicted molar refractivity (Wildman–Crippen MR) is 144 cm³/mol. The van der Waals surface area contributed by atoms with Crippen LogP contribution in [0.15, 0.2) is 78.4 Å². The molecule has 3 rings (SSSR count). The summed E-state index contributed by atoms with van der Waals surface area (Å²) in [4.78, 5) is 24.3. The normalized spacial score (nSPS) is 11.9. The number of halogens is 1. The van der Waals surface area contributed by atoms with Gasteiger partial charge in [-0.25, -0.2) is 9.59 Å². The first-order valence-corrected chi connectivity index (χ1v) is 12.3. The van der Waals surface area contributed by atoms with E-state index in [0.717, 1.165) is 9.13 Å². The van der Waals surface area contributed by atoms with Gasteiger partial charge in [-0.05, 0) is 109 Å². The molecule has 0 fully saturated rings. The van der Waals surface area contributed by atoms with Crippen molar-refractivity contribution >= 4 is 40.6 Å². The number of carbonyl (C=O) groups excluding carboxylic acids is 2. The van der Waals surface area contributed by atoms with Crippen LogP contribution in [-0.2, 0) is 14.3 Å². The lowest BCUT2D eigenvalue weighted by molar-refractivity contribution is -0.130. The molecule has 0 heterocycles. The molecule has 1 unspecified atom stereocenters. The topological polar surface area (TPSA) is 80.3 Å². The summed E-state index contributed by atoms with van der Waals surface area (Å²) < 4.78 is 27.9. The van der Waals surface area contributed by atoms with E-state index in [1.54, 1.807) is 68.5 Å². The average Bonchev–Trinajstić information content (AvgIpc) is 2.89. The van der Waals surface area contributed by atoms with E-state index in [0.29, 0.717) is 41.6 Å². The second kappa shape index (κ2) is 13.6. The van der Waals surface area contributed by atoms with Crippen molar-refractivity contribution < 1.29 is 33.3 Å². The summed E-state index contributed by atoms with van der Waals surface area (Å²) in [5.74, 6) is 0.770. The maximum atomic E-state index is 12.4. The third-order valence-corrected chi connectivity index (χ3v) is 5.64. The summed E-state index contributed by atoms with van der Waals surface area (Å²) in [6.45, 7) is 3.98. The number of hydrogen-bond donors (Lipinski definition) is 0. The van der Waals surface area contributed by atoms with Crippen LogP contribution in [0.3, 0.4) is 0 Å². The van der Waals surface area contributed by atoms with Crippen molar-refractivity contribution in [2.75, 3.05) is 20.3 Å². The molecule has 0 saturated heterocycles. The Morgan fingerprint density at radius 1 is 0.833 bits per heavy atom. The first kappa shape index (κ1) is 27.2. The average molecular weight is 602 g/mol. The van der Waals surface area contributed by atoms with Gasteiger partial charge in [-0.3, -0.25) is 0 Å². The molecule has 8 heteroatoms. The quantitative estimate of drug-likeness (QED) is 0.0675. The van der Waals surface area contributed by atoms with Gasteiger partial charge in [0.15, 0.2) is 6.29 Å². The molecule has 3 aromatic carbocycles. The van der Waals surface area contributed by atoms with E-state index in [1.807, 2.05) is 24.3 Å². The minimum atomic E-state index is -0.614. The van der Waals surface area contributed by atoms with Crippen molar-refractivity contribution in [3.63, 3.8) is 0 Å². The fourth-order valence-corrected chi connectivity index (χ4v) is 3.29. The van der Waals surface area contributed by atoms with Crippen molar-refractivity contribution in [3.8, 4) is 17.2 Å². The molecule has 0 N–H and O–H groups in total. The molecule has 0 bridgehead atoms. The molecule has 36 heavy (non-hydrogen) atoms. The molecule has 0 aliphatic carbocycles. The van der Waals surface area contributed by atoms with E-state index in [2.05, 4.69) is 22.6 Å². The number of rotatable bonds is 11. The van der Waals surface area contributed by atoms with Crippen LogP contribution in [0.1, 0.15) is 29.8 Å². The number of esters is 2. The number of ether oxygens (including phenoxy) is 5. The molecule has 0 amide bonds. The number of carbonyl (C=O) groups is 2. The Morgan fingerprint density at radius 2 is 1.36 bits per heavy atom. The standard InChI is InChI=1S/C28H27IO7/c1-19(18-21-4-8-23(29)9-5-21)27(30)36-26-14-12-25(13-15-26)34-17-16-33-24-10-6-22(7-11-24)28(31)35-20(2)32-3/h4-15,18,20H,16-17H2,1-3H3/b19-18+. The SMILES string of the molecule is COC(C)OC(=O)c1ccc(OCCOc2ccc(OC(=O)/C(C)=C/c3ccc(I)cc3)cc2)cc1. The largest absolute Gasteiger partial charge is 0.490 e. The maximum Gasteiger partial charge on any atom is 0.340 e. The molecule has 1 atom stereocenters. The van der Waals surface area contributed by atoms with Crippen LogP contribution in [0.4, 0.5) is 0 Å². The highest BCUT2D eigenvalue weighted by atomic mass is 127. The minimum Gasteiger partial charge on any atom is -0.490 e. The lowest BCUT2D eigenvalue weighted by Gasteiger charge is -2.12. The highest BCUT2D eigenvalue weighted by molar-refractivity contribution is 14.1. The Bertz CT molecular complexity index is 1170. The summed E-state index contributed by atoms with van der Waals surface area (Å²) >= 11 is 2.23. The molecule has 3 aromatic rings. The summed E-state index contributed by atoms with van der Waals surface area (Å²) in [7, 11) is 1.47. The Hall–Kier alpha value is -3.37. The van der Waals surface area contributed by atoms with Crippen molar-refractivity contribution in [1.29, 1.82) is 0 Å². The molecule has 0 aromatic heterocycles. The second-order valence-corrected chi connectivity index (χ2v) is 8.92. The van der Waals surface area contributed by atoms with Gasteiger partial charge in [0.2, 0.25) is 0 Å². The fraction of sp³-hybridized carbons (Fsp3) is 0.214. The van der Waals surface area contributed by atoms with E-state index in [-0.39, 0.29) is 0 Å². The van der Waals surface area contributed by atoms with Gasteiger partial charge in [-0.2, -0.15) is 0 Å². The Morgan fingerprint density at radius 3 is 1.92 bits per heavy atom. The zero-order valence-electron chi connectivity index (χ0n) is 20.2. The van der Waals surface area contributed by atoms with Gasteiger partial charge in [0.25, 0.3) is 0 Å². The van der Waals surface area contributed by atoms with E-state index in [1.165, 1.54) is 7.11 Å². The van der Waals surface area contributed by atoms with Crippen molar-refractivity contribution in [3.05, 3.63) is 93.1 Å². The lowest BCUT2D eigenvalue weighted by atomic mass is 10.1. The highest BCUT2D eigenvalue weighted by Gasteiger charge is 2.11. The highest BCUT2D eigenvalue weighted by Crippen LogP contribution is 2.20. The van der Waals surface area contributed by atoms with Crippen LogP contribution in [0, 0.1) is 3.57 Å². The second-order valence-electron chi connectivity index (χ2n) is 7.67. The monoisotopic (exact) mass is 602 g/mol. The number of hydrogen-bond acceptors (Lipinski definition) is 7. The van der Waals surface area contributed by atoms with E-state index in [4.69, 9.17) is 23.7 Å². The predicted octanol–water partition coefficient (Wildman–Crippen LogP) is 5.91. The third kappa shape index (κ3) is 8.69. The molecule has 0 aliphatic rings. The molecule has 188 valence electrons.